The van der Waals surface area contributed by atoms with Gasteiger partial charge in [-0.05, 0) is 31.0 Å². The van der Waals surface area contributed by atoms with Crippen LogP contribution >= 0.6 is 11.6 Å². The first-order chi connectivity index (χ1) is 10.2. The third-order valence-corrected chi connectivity index (χ3v) is 3.51. The van der Waals surface area contributed by atoms with Crippen molar-refractivity contribution >= 4 is 23.5 Å². The molecule has 1 atom stereocenters. The molecular formula is C15H16ClFN2O3. The molecular weight excluding hydrogens is 311 g/mol. The highest BCUT2D eigenvalue weighted by atomic mass is 35.5. The monoisotopic (exact) mass is 326 g/mol. The van der Waals surface area contributed by atoms with E-state index in [0.717, 1.165) is 6.07 Å². The highest BCUT2D eigenvalue weighted by Gasteiger charge is 2.30. The molecule has 1 N–H and O–H groups in total. The molecule has 5 nitrogen and oxygen atoms in total. The second kappa shape index (κ2) is 7.23. The van der Waals surface area contributed by atoms with Gasteiger partial charge >= 0.3 is 5.97 Å². The van der Waals surface area contributed by atoms with E-state index in [1.165, 1.54) is 12.1 Å². The highest BCUT2D eigenvalue weighted by Crippen LogP contribution is 2.16. The summed E-state index contributed by atoms with van der Waals surface area (Å²) in [6.07, 6.45) is 0. The van der Waals surface area contributed by atoms with E-state index < -0.39 is 29.8 Å². The second-order valence-corrected chi connectivity index (χ2v) is 5.65. The number of benzene rings is 1. The summed E-state index contributed by atoms with van der Waals surface area (Å²) in [7, 11) is 0. The van der Waals surface area contributed by atoms with Crippen LogP contribution in [-0.4, -0.2) is 24.0 Å². The zero-order chi connectivity index (χ0) is 16.9. The summed E-state index contributed by atoms with van der Waals surface area (Å²) in [5, 5.41) is 11.7. The SMILES string of the molecule is CC(C)[C@@](C)(C#N)NC(=O)COC(=O)c1ccc(Cl)cc1F. The average Bonchev–Trinajstić information content (AvgIpc) is 2.44. The van der Waals surface area contributed by atoms with Crippen molar-refractivity contribution in [2.75, 3.05) is 6.61 Å². The Morgan fingerprint density at radius 1 is 1.50 bits per heavy atom. The number of nitrogens with zero attached hydrogens (tertiary/aromatic N) is 1. The normalized spacial score (nSPS) is 13.1. The zero-order valence-corrected chi connectivity index (χ0v) is 13.2. The van der Waals surface area contributed by atoms with E-state index in [1.54, 1.807) is 20.8 Å². The quantitative estimate of drug-likeness (QED) is 0.844. The van der Waals surface area contributed by atoms with Crippen molar-refractivity contribution in [3.8, 4) is 6.07 Å². The summed E-state index contributed by atoms with van der Waals surface area (Å²) in [6, 6.07) is 5.48. The molecule has 0 aromatic heterocycles. The maximum absolute atomic E-state index is 13.5. The number of halogens is 2. The smallest absolute Gasteiger partial charge is 0.341 e. The summed E-state index contributed by atoms with van der Waals surface area (Å²) in [5.74, 6) is -2.58. The zero-order valence-electron chi connectivity index (χ0n) is 12.4. The Morgan fingerprint density at radius 3 is 2.64 bits per heavy atom. The Morgan fingerprint density at radius 2 is 2.14 bits per heavy atom. The van der Waals surface area contributed by atoms with Crippen LogP contribution in [0.5, 0.6) is 0 Å². The van der Waals surface area contributed by atoms with Crippen LogP contribution < -0.4 is 5.32 Å². The van der Waals surface area contributed by atoms with Crippen LogP contribution in [0.2, 0.25) is 5.02 Å². The first kappa shape index (κ1) is 17.9. The third-order valence-electron chi connectivity index (χ3n) is 3.27. The van der Waals surface area contributed by atoms with Crippen LogP contribution in [0.1, 0.15) is 31.1 Å². The van der Waals surface area contributed by atoms with Gasteiger partial charge in [-0.25, -0.2) is 9.18 Å². The molecule has 0 radical (unpaired) electrons. The molecule has 0 spiro atoms. The Balaban J connectivity index is 2.65. The Labute approximate surface area is 133 Å². The first-order valence-corrected chi connectivity index (χ1v) is 6.92. The summed E-state index contributed by atoms with van der Waals surface area (Å²) in [5.41, 5.74) is -1.39. The molecule has 0 aliphatic carbocycles. The molecule has 0 unspecified atom stereocenters. The summed E-state index contributed by atoms with van der Waals surface area (Å²) < 4.78 is 18.3. The van der Waals surface area contributed by atoms with Gasteiger partial charge in [-0.15, -0.1) is 0 Å². The van der Waals surface area contributed by atoms with Gasteiger partial charge in [-0.2, -0.15) is 5.26 Å². The molecule has 118 valence electrons. The fourth-order valence-electron chi connectivity index (χ4n) is 1.49. The molecule has 1 rings (SSSR count). The predicted octanol–water partition coefficient (Wildman–Crippen LogP) is 2.69. The molecule has 0 saturated carbocycles. The van der Waals surface area contributed by atoms with E-state index in [2.05, 4.69) is 5.32 Å². The molecule has 0 aliphatic rings. The number of nitriles is 1. The summed E-state index contributed by atoms with van der Waals surface area (Å²) in [4.78, 5) is 23.4. The number of ether oxygens (including phenoxy) is 1. The third kappa shape index (κ3) is 4.43. The average molecular weight is 327 g/mol. The van der Waals surface area contributed by atoms with Gasteiger partial charge in [0.2, 0.25) is 0 Å². The van der Waals surface area contributed by atoms with Crippen molar-refractivity contribution in [1.82, 2.24) is 5.32 Å². The largest absolute Gasteiger partial charge is 0.452 e. The van der Waals surface area contributed by atoms with Gasteiger partial charge < -0.3 is 10.1 Å². The van der Waals surface area contributed by atoms with Crippen molar-refractivity contribution < 1.29 is 18.7 Å². The Bertz CT molecular complexity index is 628. The molecule has 22 heavy (non-hydrogen) atoms. The minimum absolute atomic E-state index is 0.133. The van der Waals surface area contributed by atoms with Crippen LogP contribution in [0.4, 0.5) is 4.39 Å². The number of amides is 1. The molecule has 1 aromatic carbocycles. The number of nitrogens with one attached hydrogen (secondary N) is 1. The van der Waals surface area contributed by atoms with Gasteiger partial charge in [0.1, 0.15) is 11.4 Å². The number of carbonyl (C=O) groups excluding carboxylic acids is 2. The second-order valence-electron chi connectivity index (χ2n) is 5.22. The van der Waals surface area contributed by atoms with Crippen LogP contribution in [0, 0.1) is 23.1 Å². The van der Waals surface area contributed by atoms with Crippen molar-refractivity contribution in [3.05, 3.63) is 34.6 Å². The van der Waals surface area contributed by atoms with Crippen LogP contribution in [0.3, 0.4) is 0 Å². The standard InChI is InChI=1S/C15H16ClFN2O3/c1-9(2)15(3,8-18)19-13(20)7-22-14(21)11-5-4-10(16)6-12(11)17/h4-6,9H,7H2,1-3H3,(H,19,20)/t15-/m1/s1. The molecule has 7 heteroatoms. The molecule has 1 aromatic rings. The molecule has 0 heterocycles. The van der Waals surface area contributed by atoms with Crippen molar-refractivity contribution in [2.45, 2.75) is 26.3 Å². The number of carbonyl (C=O) groups is 2. The fourth-order valence-corrected chi connectivity index (χ4v) is 1.65. The number of hydrogen-bond acceptors (Lipinski definition) is 4. The minimum Gasteiger partial charge on any atom is -0.452 e. The molecule has 0 saturated heterocycles. The van der Waals surface area contributed by atoms with Crippen LogP contribution in [-0.2, 0) is 9.53 Å². The minimum atomic E-state index is -1.07. The number of hydrogen-bond donors (Lipinski definition) is 1. The maximum atomic E-state index is 13.5. The summed E-state index contributed by atoms with van der Waals surface area (Å²) in [6.45, 7) is 4.51. The van der Waals surface area contributed by atoms with Crippen LogP contribution in [0.25, 0.3) is 0 Å². The van der Waals surface area contributed by atoms with Gasteiger partial charge in [0.25, 0.3) is 5.91 Å². The molecule has 1 amide bonds. The van der Waals surface area contributed by atoms with E-state index >= 15 is 0 Å². The van der Waals surface area contributed by atoms with E-state index in [9.17, 15) is 14.0 Å². The Kier molecular flexibility index (Phi) is 5.89. The van der Waals surface area contributed by atoms with Gasteiger partial charge in [0.05, 0.1) is 11.6 Å². The fraction of sp³-hybridized carbons (Fsp3) is 0.400. The van der Waals surface area contributed by atoms with Crippen LogP contribution in [0.15, 0.2) is 18.2 Å². The molecule has 0 fully saturated rings. The molecule has 0 bridgehead atoms. The van der Waals surface area contributed by atoms with Gasteiger partial charge in [0, 0.05) is 5.02 Å². The van der Waals surface area contributed by atoms with E-state index in [-0.39, 0.29) is 16.5 Å². The topological polar surface area (TPSA) is 79.2 Å². The van der Waals surface area contributed by atoms with Crippen molar-refractivity contribution in [3.63, 3.8) is 0 Å². The maximum Gasteiger partial charge on any atom is 0.341 e. The first-order valence-electron chi connectivity index (χ1n) is 6.54. The van der Waals surface area contributed by atoms with E-state index in [0.29, 0.717) is 0 Å². The van der Waals surface area contributed by atoms with Gasteiger partial charge in [0.15, 0.2) is 6.61 Å². The predicted molar refractivity (Wildman–Crippen MR) is 78.7 cm³/mol. The lowest BCUT2D eigenvalue weighted by Crippen LogP contribution is -2.50. The van der Waals surface area contributed by atoms with Crippen molar-refractivity contribution in [2.24, 2.45) is 5.92 Å². The Hall–Kier alpha value is -2.13. The van der Waals surface area contributed by atoms with E-state index in [1.807, 2.05) is 6.07 Å². The lowest BCUT2D eigenvalue weighted by atomic mass is 9.90. The van der Waals surface area contributed by atoms with Gasteiger partial charge in [-0.1, -0.05) is 25.4 Å². The number of esters is 1. The molecule has 0 aliphatic heterocycles. The highest BCUT2D eigenvalue weighted by molar-refractivity contribution is 6.30. The van der Waals surface area contributed by atoms with Crippen molar-refractivity contribution in [1.29, 1.82) is 5.26 Å². The summed E-state index contributed by atoms with van der Waals surface area (Å²) >= 11 is 5.58. The van der Waals surface area contributed by atoms with E-state index in [4.69, 9.17) is 21.6 Å². The van der Waals surface area contributed by atoms with Gasteiger partial charge in [-0.3, -0.25) is 4.79 Å². The lowest BCUT2D eigenvalue weighted by molar-refractivity contribution is -0.125. The lowest BCUT2D eigenvalue weighted by Gasteiger charge is -2.27. The number of rotatable bonds is 5.